The van der Waals surface area contributed by atoms with E-state index >= 15 is 0 Å². The van der Waals surface area contributed by atoms with Crippen LogP contribution >= 0.6 is 0 Å². The quantitative estimate of drug-likeness (QED) is 0.700. The van der Waals surface area contributed by atoms with E-state index in [1.54, 1.807) is 0 Å². The first-order valence-electron chi connectivity index (χ1n) is 5.56. The van der Waals surface area contributed by atoms with Gasteiger partial charge in [0.25, 0.3) is 0 Å². The number of aliphatic hydroxyl groups excluding tert-OH is 1. The smallest absolute Gasteiger partial charge is 0.0662 e. The number of hydrogen-bond donors (Lipinski definition) is 2. The predicted molar refractivity (Wildman–Crippen MR) is 55.7 cm³/mol. The molecule has 0 aliphatic heterocycles. The van der Waals surface area contributed by atoms with Gasteiger partial charge in [-0.15, -0.1) is 0 Å². The van der Waals surface area contributed by atoms with E-state index in [1.807, 2.05) is 6.92 Å². The summed E-state index contributed by atoms with van der Waals surface area (Å²) < 4.78 is 0. The molecule has 1 rings (SSSR count). The minimum Gasteiger partial charge on any atom is -0.392 e. The van der Waals surface area contributed by atoms with Crippen LogP contribution in [-0.4, -0.2) is 23.8 Å². The Morgan fingerprint density at radius 2 is 2.08 bits per heavy atom. The summed E-state index contributed by atoms with van der Waals surface area (Å²) in [5.74, 6) is 1.61. The lowest BCUT2D eigenvalue weighted by Gasteiger charge is -2.21. The van der Waals surface area contributed by atoms with E-state index in [0.717, 1.165) is 24.8 Å². The van der Waals surface area contributed by atoms with Crippen molar-refractivity contribution in [3.8, 4) is 0 Å². The molecule has 2 nitrogen and oxygen atoms in total. The van der Waals surface area contributed by atoms with Crippen molar-refractivity contribution in [2.75, 3.05) is 6.54 Å². The fourth-order valence-electron chi connectivity index (χ4n) is 2.08. The summed E-state index contributed by atoms with van der Waals surface area (Å²) in [6, 6.07) is 0.635. The molecule has 4 unspecified atom stereocenters. The van der Waals surface area contributed by atoms with Gasteiger partial charge in [0.1, 0.15) is 0 Å². The monoisotopic (exact) mass is 185 g/mol. The lowest BCUT2D eigenvalue weighted by molar-refractivity contribution is 0.159. The third kappa shape index (κ3) is 2.96. The molecule has 2 heteroatoms. The highest BCUT2D eigenvalue weighted by Crippen LogP contribution is 2.30. The molecule has 4 atom stereocenters. The average molecular weight is 185 g/mol. The summed E-state index contributed by atoms with van der Waals surface area (Å²) in [7, 11) is 0. The van der Waals surface area contributed by atoms with Gasteiger partial charge in [-0.2, -0.15) is 0 Å². The Kier molecular flexibility index (Phi) is 4.20. The zero-order valence-electron chi connectivity index (χ0n) is 9.09. The van der Waals surface area contributed by atoms with Crippen molar-refractivity contribution in [1.82, 2.24) is 5.32 Å². The maximum atomic E-state index is 9.41. The molecule has 1 fully saturated rings. The van der Waals surface area contributed by atoms with Gasteiger partial charge in [-0.1, -0.05) is 20.8 Å². The third-order valence-electron chi connectivity index (χ3n) is 3.55. The molecule has 0 aromatic carbocycles. The molecule has 0 aromatic rings. The molecule has 0 heterocycles. The van der Waals surface area contributed by atoms with Crippen LogP contribution in [0.15, 0.2) is 0 Å². The van der Waals surface area contributed by atoms with Gasteiger partial charge in [0.15, 0.2) is 0 Å². The van der Waals surface area contributed by atoms with E-state index in [1.165, 1.54) is 12.8 Å². The highest BCUT2D eigenvalue weighted by atomic mass is 16.3. The van der Waals surface area contributed by atoms with Crippen LogP contribution in [0.2, 0.25) is 0 Å². The predicted octanol–water partition coefficient (Wildman–Crippen LogP) is 1.78. The molecule has 1 aliphatic carbocycles. The first-order valence-corrected chi connectivity index (χ1v) is 5.56. The second kappa shape index (κ2) is 4.97. The molecule has 0 radical (unpaired) electrons. The van der Waals surface area contributed by atoms with Crippen molar-refractivity contribution >= 4 is 0 Å². The van der Waals surface area contributed by atoms with E-state index in [0.29, 0.717) is 6.04 Å². The largest absolute Gasteiger partial charge is 0.392 e. The van der Waals surface area contributed by atoms with Gasteiger partial charge in [-0.25, -0.2) is 0 Å². The van der Waals surface area contributed by atoms with Crippen LogP contribution in [0.3, 0.4) is 0 Å². The Morgan fingerprint density at radius 3 is 2.54 bits per heavy atom. The third-order valence-corrected chi connectivity index (χ3v) is 3.55. The molecular formula is C11H23NO. The molecule has 1 saturated carbocycles. The summed E-state index contributed by atoms with van der Waals surface area (Å²) >= 11 is 0. The summed E-state index contributed by atoms with van der Waals surface area (Å²) in [4.78, 5) is 0. The van der Waals surface area contributed by atoms with Crippen LogP contribution < -0.4 is 5.32 Å². The maximum Gasteiger partial charge on any atom is 0.0662 e. The normalized spacial score (nSPS) is 36.5. The molecule has 0 bridgehead atoms. The first kappa shape index (κ1) is 11.0. The van der Waals surface area contributed by atoms with Gasteiger partial charge >= 0.3 is 0 Å². The molecule has 0 spiro atoms. The first-order chi connectivity index (χ1) is 6.15. The highest BCUT2D eigenvalue weighted by molar-refractivity contribution is 4.85. The van der Waals surface area contributed by atoms with E-state index in [4.69, 9.17) is 0 Å². The summed E-state index contributed by atoms with van der Waals surface area (Å²) in [5.41, 5.74) is 0. The summed E-state index contributed by atoms with van der Waals surface area (Å²) in [6.45, 7) is 7.42. The SMILES string of the molecule is CCC(O)CNC1CCC(C)C1C. The standard InChI is InChI=1S/C11H23NO/c1-4-10(13)7-12-11-6-5-8(2)9(11)3/h8-13H,4-7H2,1-3H3. The molecule has 0 amide bonds. The fourth-order valence-corrected chi connectivity index (χ4v) is 2.08. The van der Waals surface area contributed by atoms with E-state index in [2.05, 4.69) is 19.2 Å². The average Bonchev–Trinajstić information content (AvgIpc) is 2.44. The number of rotatable bonds is 4. The Labute approximate surface area is 81.7 Å². The second-order valence-corrected chi connectivity index (χ2v) is 4.49. The molecule has 78 valence electrons. The van der Waals surface area contributed by atoms with Gasteiger partial charge in [0, 0.05) is 12.6 Å². The van der Waals surface area contributed by atoms with Gasteiger partial charge in [-0.3, -0.25) is 0 Å². The van der Waals surface area contributed by atoms with Crippen molar-refractivity contribution in [3.05, 3.63) is 0 Å². The van der Waals surface area contributed by atoms with Gasteiger partial charge < -0.3 is 10.4 Å². The van der Waals surface area contributed by atoms with Crippen LogP contribution in [0, 0.1) is 11.8 Å². The van der Waals surface area contributed by atoms with E-state index < -0.39 is 0 Å². The van der Waals surface area contributed by atoms with Crippen LogP contribution in [0.25, 0.3) is 0 Å². The topological polar surface area (TPSA) is 32.3 Å². The van der Waals surface area contributed by atoms with Gasteiger partial charge in [0.2, 0.25) is 0 Å². The Bertz CT molecular complexity index is 149. The number of aliphatic hydroxyl groups is 1. The minimum absolute atomic E-state index is 0.164. The lowest BCUT2D eigenvalue weighted by Crippen LogP contribution is -2.37. The molecule has 0 aromatic heterocycles. The van der Waals surface area contributed by atoms with Crippen LogP contribution in [-0.2, 0) is 0 Å². The molecule has 1 aliphatic rings. The van der Waals surface area contributed by atoms with Crippen molar-refractivity contribution < 1.29 is 5.11 Å². The van der Waals surface area contributed by atoms with Crippen molar-refractivity contribution in [2.45, 2.75) is 52.2 Å². The highest BCUT2D eigenvalue weighted by Gasteiger charge is 2.29. The zero-order chi connectivity index (χ0) is 9.84. The van der Waals surface area contributed by atoms with Crippen molar-refractivity contribution in [2.24, 2.45) is 11.8 Å². The van der Waals surface area contributed by atoms with E-state index in [-0.39, 0.29) is 6.10 Å². The summed E-state index contributed by atoms with van der Waals surface area (Å²) in [6.07, 6.45) is 3.30. The Balaban J connectivity index is 2.22. The van der Waals surface area contributed by atoms with E-state index in [9.17, 15) is 5.11 Å². The lowest BCUT2D eigenvalue weighted by atomic mass is 9.98. The number of nitrogens with one attached hydrogen (secondary N) is 1. The van der Waals surface area contributed by atoms with Gasteiger partial charge in [0.05, 0.1) is 6.10 Å². The maximum absolute atomic E-state index is 9.41. The van der Waals surface area contributed by atoms with Gasteiger partial charge in [-0.05, 0) is 31.1 Å². The van der Waals surface area contributed by atoms with Crippen molar-refractivity contribution in [3.63, 3.8) is 0 Å². The molecular weight excluding hydrogens is 162 g/mol. The summed E-state index contributed by atoms with van der Waals surface area (Å²) in [5, 5.41) is 12.9. The van der Waals surface area contributed by atoms with Crippen LogP contribution in [0.5, 0.6) is 0 Å². The Hall–Kier alpha value is -0.0800. The fraction of sp³-hybridized carbons (Fsp3) is 1.00. The molecule has 0 saturated heterocycles. The number of hydrogen-bond acceptors (Lipinski definition) is 2. The van der Waals surface area contributed by atoms with Crippen LogP contribution in [0.1, 0.15) is 40.0 Å². The van der Waals surface area contributed by atoms with Crippen LogP contribution in [0.4, 0.5) is 0 Å². The van der Waals surface area contributed by atoms with Crippen molar-refractivity contribution in [1.29, 1.82) is 0 Å². The molecule has 13 heavy (non-hydrogen) atoms. The zero-order valence-corrected chi connectivity index (χ0v) is 9.09. The molecule has 2 N–H and O–H groups in total. The second-order valence-electron chi connectivity index (χ2n) is 4.49. The Morgan fingerprint density at radius 1 is 1.38 bits per heavy atom. The minimum atomic E-state index is -0.164.